The maximum atomic E-state index is 5.78. The van der Waals surface area contributed by atoms with Gasteiger partial charge in [0.25, 0.3) is 0 Å². The summed E-state index contributed by atoms with van der Waals surface area (Å²) in [6.45, 7) is 4.07. The van der Waals surface area contributed by atoms with Gasteiger partial charge in [-0.05, 0) is 24.6 Å². The minimum Gasteiger partial charge on any atom is -0.420 e. The Balaban J connectivity index is 2.30. The standard InChI is InChI=1S/C8H19NOSi/c1-2-8(7-9)11-6-4-3-5-10-11/h8,11H,2-7,9H2,1H3. The van der Waals surface area contributed by atoms with Crippen LogP contribution in [0, 0.1) is 0 Å². The zero-order valence-corrected chi connectivity index (χ0v) is 8.54. The van der Waals surface area contributed by atoms with Crippen LogP contribution in [0.25, 0.3) is 0 Å². The second-order valence-electron chi connectivity index (χ2n) is 3.31. The molecule has 3 heteroatoms. The molecule has 1 aliphatic rings. The Labute approximate surface area is 70.8 Å². The molecule has 66 valence electrons. The molecule has 1 heterocycles. The molecule has 0 aromatic carbocycles. The van der Waals surface area contributed by atoms with Gasteiger partial charge in [-0.15, -0.1) is 0 Å². The maximum absolute atomic E-state index is 5.78. The summed E-state index contributed by atoms with van der Waals surface area (Å²) < 4.78 is 5.78. The van der Waals surface area contributed by atoms with Gasteiger partial charge in [0.1, 0.15) is 0 Å². The van der Waals surface area contributed by atoms with Gasteiger partial charge in [-0.1, -0.05) is 19.8 Å². The maximum Gasteiger partial charge on any atom is 0.181 e. The molecular weight excluding hydrogens is 154 g/mol. The molecule has 0 saturated carbocycles. The van der Waals surface area contributed by atoms with Crippen molar-refractivity contribution >= 4 is 9.04 Å². The molecule has 2 N–H and O–H groups in total. The third-order valence-corrected chi connectivity index (χ3v) is 6.00. The van der Waals surface area contributed by atoms with Gasteiger partial charge in [0.2, 0.25) is 0 Å². The molecule has 1 rings (SSSR count). The Morgan fingerprint density at radius 1 is 1.55 bits per heavy atom. The Bertz CT molecular complexity index is 100. The fourth-order valence-electron chi connectivity index (χ4n) is 1.72. The summed E-state index contributed by atoms with van der Waals surface area (Å²) in [5.41, 5.74) is 6.40. The molecule has 2 nitrogen and oxygen atoms in total. The number of rotatable bonds is 3. The summed E-state index contributed by atoms with van der Waals surface area (Å²) in [5, 5.41) is 0. The van der Waals surface area contributed by atoms with Gasteiger partial charge in [-0.25, -0.2) is 0 Å². The van der Waals surface area contributed by atoms with Crippen LogP contribution in [0.1, 0.15) is 26.2 Å². The van der Waals surface area contributed by atoms with E-state index in [1.165, 1.54) is 25.3 Å². The van der Waals surface area contributed by atoms with Crippen molar-refractivity contribution in [3.8, 4) is 0 Å². The summed E-state index contributed by atoms with van der Waals surface area (Å²) in [7, 11) is -0.866. The zero-order chi connectivity index (χ0) is 8.10. The van der Waals surface area contributed by atoms with Crippen molar-refractivity contribution in [1.29, 1.82) is 0 Å². The van der Waals surface area contributed by atoms with Crippen LogP contribution in [0.5, 0.6) is 0 Å². The fourth-order valence-corrected chi connectivity index (χ4v) is 4.62. The normalized spacial score (nSPS) is 28.4. The lowest BCUT2D eigenvalue weighted by Crippen LogP contribution is -2.32. The highest BCUT2D eigenvalue weighted by molar-refractivity contribution is 6.53. The first-order valence-corrected chi connectivity index (χ1v) is 6.65. The first-order valence-electron chi connectivity index (χ1n) is 4.70. The molecule has 0 amide bonds. The highest BCUT2D eigenvalue weighted by Gasteiger charge is 2.23. The van der Waals surface area contributed by atoms with E-state index >= 15 is 0 Å². The minimum atomic E-state index is -0.866. The van der Waals surface area contributed by atoms with Gasteiger partial charge in [-0.3, -0.25) is 0 Å². The van der Waals surface area contributed by atoms with Gasteiger partial charge in [0.05, 0.1) is 0 Å². The van der Waals surface area contributed by atoms with E-state index in [1.54, 1.807) is 0 Å². The lowest BCUT2D eigenvalue weighted by molar-refractivity contribution is 0.278. The van der Waals surface area contributed by atoms with Crippen LogP contribution in [0.15, 0.2) is 0 Å². The molecule has 0 bridgehead atoms. The SMILES string of the molecule is CCC(CN)[SiH]1CCCCO1. The summed E-state index contributed by atoms with van der Waals surface area (Å²) >= 11 is 0. The third kappa shape index (κ3) is 2.58. The molecule has 0 aromatic heterocycles. The van der Waals surface area contributed by atoms with Gasteiger partial charge in [-0.2, -0.15) is 0 Å². The smallest absolute Gasteiger partial charge is 0.181 e. The monoisotopic (exact) mass is 173 g/mol. The fraction of sp³-hybridized carbons (Fsp3) is 1.00. The van der Waals surface area contributed by atoms with E-state index in [9.17, 15) is 0 Å². The van der Waals surface area contributed by atoms with E-state index in [1.807, 2.05) is 0 Å². The topological polar surface area (TPSA) is 35.2 Å². The van der Waals surface area contributed by atoms with E-state index in [0.717, 1.165) is 18.7 Å². The van der Waals surface area contributed by atoms with Crippen LogP contribution < -0.4 is 5.73 Å². The predicted octanol–water partition coefficient (Wildman–Crippen LogP) is 1.26. The molecule has 1 fully saturated rings. The molecule has 2 unspecified atom stereocenters. The minimum absolute atomic E-state index is 0.732. The van der Waals surface area contributed by atoms with Gasteiger partial charge < -0.3 is 10.2 Å². The molecule has 2 atom stereocenters. The summed E-state index contributed by atoms with van der Waals surface area (Å²) in [6, 6.07) is 1.36. The lowest BCUT2D eigenvalue weighted by atomic mass is 10.3. The van der Waals surface area contributed by atoms with Crippen molar-refractivity contribution in [3.05, 3.63) is 0 Å². The highest BCUT2D eigenvalue weighted by Crippen LogP contribution is 2.23. The van der Waals surface area contributed by atoms with Crippen molar-refractivity contribution in [2.24, 2.45) is 5.73 Å². The van der Waals surface area contributed by atoms with Gasteiger partial charge in [0, 0.05) is 6.61 Å². The largest absolute Gasteiger partial charge is 0.420 e. The number of nitrogens with two attached hydrogens (primary N) is 1. The Kier molecular flexibility index (Phi) is 4.11. The van der Waals surface area contributed by atoms with E-state index in [4.69, 9.17) is 10.2 Å². The molecule has 1 aliphatic heterocycles. The predicted molar refractivity (Wildman–Crippen MR) is 50.2 cm³/mol. The number of hydrogen-bond donors (Lipinski definition) is 1. The molecule has 0 radical (unpaired) electrons. The molecular formula is C8H19NOSi. The van der Waals surface area contributed by atoms with Crippen LogP contribution in [-0.2, 0) is 4.43 Å². The zero-order valence-electron chi connectivity index (χ0n) is 7.38. The summed E-state index contributed by atoms with van der Waals surface area (Å²) in [4.78, 5) is 0. The van der Waals surface area contributed by atoms with E-state index in [2.05, 4.69) is 6.92 Å². The molecule has 11 heavy (non-hydrogen) atoms. The van der Waals surface area contributed by atoms with E-state index in [0.29, 0.717) is 0 Å². The Morgan fingerprint density at radius 3 is 2.82 bits per heavy atom. The quantitative estimate of drug-likeness (QED) is 0.652. The molecule has 0 spiro atoms. The summed E-state index contributed by atoms with van der Waals surface area (Å²) in [5.74, 6) is 0. The van der Waals surface area contributed by atoms with Crippen LogP contribution in [0.4, 0.5) is 0 Å². The first kappa shape index (κ1) is 9.23. The third-order valence-electron chi connectivity index (χ3n) is 2.57. The highest BCUT2D eigenvalue weighted by atomic mass is 28.3. The lowest BCUT2D eigenvalue weighted by Gasteiger charge is -2.27. The number of hydrogen-bond acceptors (Lipinski definition) is 2. The molecule has 1 saturated heterocycles. The van der Waals surface area contributed by atoms with Crippen molar-refractivity contribution < 1.29 is 4.43 Å². The van der Waals surface area contributed by atoms with Gasteiger partial charge >= 0.3 is 0 Å². The van der Waals surface area contributed by atoms with Crippen LogP contribution in [0.2, 0.25) is 11.6 Å². The Hall–Kier alpha value is 0.137. The second-order valence-corrected chi connectivity index (χ2v) is 6.24. The van der Waals surface area contributed by atoms with Crippen molar-refractivity contribution in [2.75, 3.05) is 13.2 Å². The van der Waals surface area contributed by atoms with Crippen molar-refractivity contribution in [3.63, 3.8) is 0 Å². The summed E-state index contributed by atoms with van der Waals surface area (Å²) in [6.07, 6.45) is 3.87. The average molecular weight is 173 g/mol. The molecule has 0 aliphatic carbocycles. The van der Waals surface area contributed by atoms with Crippen LogP contribution >= 0.6 is 0 Å². The van der Waals surface area contributed by atoms with Crippen LogP contribution in [-0.4, -0.2) is 22.2 Å². The van der Waals surface area contributed by atoms with E-state index in [-0.39, 0.29) is 0 Å². The van der Waals surface area contributed by atoms with Crippen molar-refractivity contribution in [1.82, 2.24) is 0 Å². The van der Waals surface area contributed by atoms with Crippen molar-refractivity contribution in [2.45, 2.75) is 37.8 Å². The van der Waals surface area contributed by atoms with E-state index < -0.39 is 9.04 Å². The first-order chi connectivity index (χ1) is 5.38. The van der Waals surface area contributed by atoms with Gasteiger partial charge in [0.15, 0.2) is 9.04 Å². The second kappa shape index (κ2) is 4.90. The molecule has 0 aromatic rings. The Morgan fingerprint density at radius 2 is 2.36 bits per heavy atom. The van der Waals surface area contributed by atoms with Crippen LogP contribution in [0.3, 0.4) is 0 Å². The average Bonchev–Trinajstić information content (AvgIpc) is 2.09.